The van der Waals surface area contributed by atoms with E-state index in [4.69, 9.17) is 0 Å². The summed E-state index contributed by atoms with van der Waals surface area (Å²) in [5.41, 5.74) is 0. The van der Waals surface area contributed by atoms with Gasteiger partial charge < -0.3 is 14.9 Å². The second kappa shape index (κ2) is 7.49. The molecule has 1 aliphatic carbocycles. The predicted octanol–water partition coefficient (Wildman–Crippen LogP) is 2.57. The van der Waals surface area contributed by atoms with E-state index in [0.717, 1.165) is 32.0 Å². The topological polar surface area (TPSA) is 56.7 Å². The van der Waals surface area contributed by atoms with E-state index in [0.29, 0.717) is 5.92 Å². The molecule has 1 N–H and O–H groups in total. The lowest BCUT2D eigenvalue weighted by molar-refractivity contribution is -0.126. The van der Waals surface area contributed by atoms with Gasteiger partial charge in [-0.25, -0.2) is 4.98 Å². The Kier molecular flexibility index (Phi) is 5.16. The van der Waals surface area contributed by atoms with Crippen LogP contribution in [0, 0.1) is 5.92 Å². The Morgan fingerprint density at radius 2 is 1.87 bits per heavy atom. The quantitative estimate of drug-likeness (QED) is 0.871. The Morgan fingerprint density at radius 3 is 2.52 bits per heavy atom. The summed E-state index contributed by atoms with van der Waals surface area (Å²) in [7, 11) is 0. The molecular weight excluding hydrogens is 290 g/mol. The molecule has 1 aromatic heterocycles. The van der Waals surface area contributed by atoms with Gasteiger partial charge in [-0.1, -0.05) is 25.3 Å². The Hall–Kier alpha value is -2.04. The first-order valence-electron chi connectivity index (χ1n) is 8.59. The predicted molar refractivity (Wildman–Crippen MR) is 90.4 cm³/mol. The van der Waals surface area contributed by atoms with Gasteiger partial charge in [-0.05, 0) is 37.0 Å². The highest BCUT2D eigenvalue weighted by Crippen LogP contribution is 2.24. The molecule has 0 unspecified atom stereocenters. The molecule has 5 heteroatoms. The van der Waals surface area contributed by atoms with Crippen molar-refractivity contribution in [2.24, 2.45) is 5.92 Å². The number of aromatic nitrogens is 1. The molecule has 1 aliphatic heterocycles. The smallest absolute Gasteiger partial charge is 0.246 e. The maximum absolute atomic E-state index is 12.3. The number of hydrogen-bond acceptors (Lipinski definition) is 4. The zero-order valence-electron chi connectivity index (χ0n) is 13.5. The summed E-state index contributed by atoms with van der Waals surface area (Å²) >= 11 is 0. The van der Waals surface area contributed by atoms with Crippen LogP contribution < -0.4 is 4.90 Å². The molecule has 0 spiro atoms. The van der Waals surface area contributed by atoms with Gasteiger partial charge in [0, 0.05) is 26.2 Å². The highest BCUT2D eigenvalue weighted by Gasteiger charge is 2.21. The average molecular weight is 315 g/mol. The molecule has 124 valence electrons. The largest absolute Gasteiger partial charge is 0.506 e. The van der Waals surface area contributed by atoms with Crippen LogP contribution >= 0.6 is 0 Å². The van der Waals surface area contributed by atoms with Gasteiger partial charge in [0.05, 0.1) is 6.20 Å². The number of pyridine rings is 1. The summed E-state index contributed by atoms with van der Waals surface area (Å²) in [5, 5.41) is 9.29. The molecule has 1 aromatic rings. The summed E-state index contributed by atoms with van der Waals surface area (Å²) in [6.07, 6.45) is 11.7. The fourth-order valence-electron chi connectivity index (χ4n) is 3.37. The zero-order valence-corrected chi connectivity index (χ0v) is 13.5. The fraction of sp³-hybridized carbons (Fsp3) is 0.556. The van der Waals surface area contributed by atoms with Crippen molar-refractivity contribution < 1.29 is 9.90 Å². The van der Waals surface area contributed by atoms with Crippen molar-refractivity contribution in [2.75, 3.05) is 31.1 Å². The van der Waals surface area contributed by atoms with E-state index in [1.807, 2.05) is 11.0 Å². The summed E-state index contributed by atoms with van der Waals surface area (Å²) in [6.45, 7) is 2.99. The molecule has 5 nitrogen and oxygen atoms in total. The van der Waals surface area contributed by atoms with Crippen LogP contribution in [0.25, 0.3) is 0 Å². The lowest BCUT2D eigenvalue weighted by Crippen LogP contribution is -2.48. The van der Waals surface area contributed by atoms with Gasteiger partial charge in [-0.15, -0.1) is 0 Å². The molecule has 2 aliphatic rings. The molecule has 1 amide bonds. The minimum absolute atomic E-state index is 0.133. The second-order valence-electron chi connectivity index (χ2n) is 6.44. The number of carbonyl (C=O) groups excluding carboxylic acids is 1. The van der Waals surface area contributed by atoms with Crippen molar-refractivity contribution in [3.05, 3.63) is 30.5 Å². The SMILES string of the molecule is O=C(/C=C/C1CCCCC1)N1CCN(c2ccc(O)cn2)CC1. The first-order chi connectivity index (χ1) is 11.2. The van der Waals surface area contributed by atoms with E-state index >= 15 is 0 Å². The molecule has 23 heavy (non-hydrogen) atoms. The molecule has 1 saturated carbocycles. The van der Waals surface area contributed by atoms with Crippen molar-refractivity contribution in [2.45, 2.75) is 32.1 Å². The van der Waals surface area contributed by atoms with Gasteiger partial charge in [-0.3, -0.25) is 4.79 Å². The Balaban J connectivity index is 1.49. The van der Waals surface area contributed by atoms with Crippen LogP contribution in [0.3, 0.4) is 0 Å². The highest BCUT2D eigenvalue weighted by atomic mass is 16.3. The first-order valence-corrected chi connectivity index (χ1v) is 8.59. The second-order valence-corrected chi connectivity index (χ2v) is 6.44. The standard InChI is InChI=1S/C18H25N3O2/c22-16-7-8-17(19-14-16)20-10-12-21(13-11-20)18(23)9-6-15-4-2-1-3-5-15/h6-9,14-15,22H,1-5,10-13H2/b9-6+. The van der Waals surface area contributed by atoms with Gasteiger partial charge >= 0.3 is 0 Å². The lowest BCUT2D eigenvalue weighted by Gasteiger charge is -2.35. The van der Waals surface area contributed by atoms with Gasteiger partial charge in [0.15, 0.2) is 0 Å². The Morgan fingerprint density at radius 1 is 1.13 bits per heavy atom. The molecule has 0 aromatic carbocycles. The van der Waals surface area contributed by atoms with Crippen LogP contribution in [0.15, 0.2) is 30.5 Å². The third-order valence-electron chi connectivity index (χ3n) is 4.81. The number of amides is 1. The zero-order chi connectivity index (χ0) is 16.1. The van der Waals surface area contributed by atoms with Crippen LogP contribution in [0.1, 0.15) is 32.1 Å². The van der Waals surface area contributed by atoms with Crippen LogP contribution in [-0.2, 0) is 4.79 Å². The lowest BCUT2D eigenvalue weighted by atomic mass is 9.89. The van der Waals surface area contributed by atoms with E-state index in [1.54, 1.807) is 12.1 Å². The average Bonchev–Trinajstić information content (AvgIpc) is 2.61. The van der Waals surface area contributed by atoms with Crippen molar-refractivity contribution >= 4 is 11.7 Å². The number of allylic oxidation sites excluding steroid dienone is 1. The molecule has 3 rings (SSSR count). The Bertz CT molecular complexity index is 542. The number of carbonyl (C=O) groups is 1. The van der Waals surface area contributed by atoms with Crippen molar-refractivity contribution in [3.63, 3.8) is 0 Å². The van der Waals surface area contributed by atoms with Crippen molar-refractivity contribution in [3.8, 4) is 5.75 Å². The monoisotopic (exact) mass is 315 g/mol. The number of hydrogen-bond donors (Lipinski definition) is 1. The minimum atomic E-state index is 0.133. The molecule has 0 atom stereocenters. The van der Waals surface area contributed by atoms with Crippen molar-refractivity contribution in [1.29, 1.82) is 0 Å². The van der Waals surface area contributed by atoms with Crippen LogP contribution in [0.5, 0.6) is 5.75 Å². The van der Waals surface area contributed by atoms with Crippen molar-refractivity contribution in [1.82, 2.24) is 9.88 Å². The third kappa shape index (κ3) is 4.24. The summed E-state index contributed by atoms with van der Waals surface area (Å²) < 4.78 is 0. The van der Waals surface area contributed by atoms with Crippen LogP contribution in [0.4, 0.5) is 5.82 Å². The number of rotatable bonds is 3. The number of piperazine rings is 1. The summed E-state index contributed by atoms with van der Waals surface area (Å²) in [4.78, 5) is 20.6. The number of nitrogens with zero attached hydrogens (tertiary/aromatic N) is 3. The number of anilines is 1. The van der Waals surface area contributed by atoms with E-state index in [1.165, 1.54) is 38.3 Å². The third-order valence-corrected chi connectivity index (χ3v) is 4.81. The molecule has 0 radical (unpaired) electrons. The van der Waals surface area contributed by atoms with E-state index in [9.17, 15) is 9.90 Å². The maximum atomic E-state index is 12.3. The normalized spacial score (nSPS) is 20.2. The van der Waals surface area contributed by atoms with Crippen LogP contribution in [0.2, 0.25) is 0 Å². The van der Waals surface area contributed by atoms with Gasteiger partial charge in [0.1, 0.15) is 11.6 Å². The molecule has 2 fully saturated rings. The van der Waals surface area contributed by atoms with Gasteiger partial charge in [0.25, 0.3) is 0 Å². The summed E-state index contributed by atoms with van der Waals surface area (Å²) in [6, 6.07) is 3.46. The number of aromatic hydroxyl groups is 1. The van der Waals surface area contributed by atoms with E-state index < -0.39 is 0 Å². The first kappa shape index (κ1) is 15.8. The van der Waals surface area contributed by atoms with Gasteiger partial charge in [0.2, 0.25) is 5.91 Å². The fourth-order valence-corrected chi connectivity index (χ4v) is 3.37. The molecule has 0 bridgehead atoms. The molecule has 1 saturated heterocycles. The van der Waals surface area contributed by atoms with Gasteiger partial charge in [-0.2, -0.15) is 0 Å². The summed E-state index contributed by atoms with van der Waals surface area (Å²) in [5.74, 6) is 1.76. The van der Waals surface area contributed by atoms with E-state index in [2.05, 4.69) is 16.0 Å². The highest BCUT2D eigenvalue weighted by molar-refractivity contribution is 5.87. The molecular formula is C18H25N3O2. The maximum Gasteiger partial charge on any atom is 0.246 e. The Labute approximate surface area is 137 Å². The van der Waals surface area contributed by atoms with Crippen LogP contribution in [-0.4, -0.2) is 47.1 Å². The minimum Gasteiger partial charge on any atom is -0.506 e. The van der Waals surface area contributed by atoms with E-state index in [-0.39, 0.29) is 11.7 Å². The molecule has 2 heterocycles.